The molecule has 0 spiro atoms. The first-order valence-corrected chi connectivity index (χ1v) is 15.3. The van der Waals surface area contributed by atoms with Crippen molar-refractivity contribution in [2.75, 3.05) is 0 Å². The third-order valence-corrected chi connectivity index (χ3v) is 9.12. The Kier molecular flexibility index (Phi) is 11.2. The van der Waals surface area contributed by atoms with Crippen LogP contribution in [0.25, 0.3) is 0 Å². The Morgan fingerprint density at radius 3 is 0.477 bits per heavy atom. The molecule has 0 amide bonds. The average molecular weight is 639 g/mol. The lowest BCUT2D eigenvalue weighted by molar-refractivity contribution is 0.0947. The zero-order valence-corrected chi connectivity index (χ0v) is 27.5. The number of rotatable bonds is 13. The van der Waals surface area contributed by atoms with Crippen molar-refractivity contribution in [1.82, 2.24) is 0 Å². The monoisotopic (exact) mass is 638 g/mol. The van der Waals surface area contributed by atoms with E-state index in [1.165, 1.54) is 0 Å². The largest absolute Gasteiger partial charge is 0.294 e. The second-order valence-electron chi connectivity index (χ2n) is 10.1. The maximum Gasteiger partial charge on any atom is 0.161 e. The summed E-state index contributed by atoms with van der Waals surface area (Å²) in [6.07, 6.45) is 0. The Morgan fingerprint density at radius 1 is 0.250 bits per heavy atom. The molecule has 2 aromatic rings. The van der Waals surface area contributed by atoms with Crippen LogP contribution >= 0.6 is 21.6 Å². The molecule has 0 fully saturated rings. The maximum absolute atomic E-state index is 13.1. The molecule has 0 atom stereocenters. The molecule has 0 saturated carbocycles. The molecule has 230 valence electrons. The Bertz CT molecular complexity index is 1540. The van der Waals surface area contributed by atoms with Crippen LogP contribution in [0.1, 0.15) is 173 Å². The molecule has 0 unspecified atom stereocenters. The van der Waals surface area contributed by atoms with E-state index < -0.39 is 57.8 Å². The molecule has 0 saturated heterocycles. The molecule has 2 aromatic carbocycles. The highest BCUT2D eigenvalue weighted by molar-refractivity contribution is 8.76. The molecule has 0 bridgehead atoms. The number of carbonyl (C=O) groups excluding carboxylic acids is 10. The molecule has 2 rings (SSSR count). The van der Waals surface area contributed by atoms with Crippen LogP contribution in [0.2, 0.25) is 0 Å². The van der Waals surface area contributed by atoms with Crippen molar-refractivity contribution in [3.05, 3.63) is 55.6 Å². The van der Waals surface area contributed by atoms with Gasteiger partial charge < -0.3 is 0 Å². The number of ketones is 10. The van der Waals surface area contributed by atoms with Gasteiger partial charge in [-0.2, -0.15) is 0 Å². The summed E-state index contributed by atoms with van der Waals surface area (Å²) in [5.41, 5.74) is -3.58. The van der Waals surface area contributed by atoms with E-state index in [2.05, 4.69) is 0 Å². The fourth-order valence-corrected chi connectivity index (χ4v) is 8.14. The van der Waals surface area contributed by atoms with Crippen LogP contribution in [0.5, 0.6) is 0 Å². The van der Waals surface area contributed by atoms with Gasteiger partial charge in [0.1, 0.15) is 0 Å². The van der Waals surface area contributed by atoms with Gasteiger partial charge in [-0.25, -0.2) is 0 Å². The Labute approximate surface area is 261 Å². The van der Waals surface area contributed by atoms with Crippen LogP contribution in [0.3, 0.4) is 0 Å². The molecule has 44 heavy (non-hydrogen) atoms. The van der Waals surface area contributed by atoms with Gasteiger partial charge in [0.05, 0.1) is 0 Å². The summed E-state index contributed by atoms with van der Waals surface area (Å²) in [4.78, 5) is 129. The van der Waals surface area contributed by atoms with E-state index in [1.54, 1.807) is 0 Å². The van der Waals surface area contributed by atoms with Crippen molar-refractivity contribution in [3.63, 3.8) is 0 Å². The molecule has 0 heterocycles. The highest BCUT2D eigenvalue weighted by atomic mass is 33.1. The van der Waals surface area contributed by atoms with E-state index in [9.17, 15) is 47.9 Å². The third kappa shape index (κ3) is 6.51. The number of carbonyl (C=O) groups is 10. The fourth-order valence-electron chi connectivity index (χ4n) is 5.16. The predicted molar refractivity (Wildman–Crippen MR) is 165 cm³/mol. The van der Waals surface area contributed by atoms with E-state index in [0.717, 1.165) is 69.2 Å². The first-order chi connectivity index (χ1) is 20.2. The quantitative estimate of drug-likeness (QED) is 0.172. The molecule has 12 heteroatoms. The van der Waals surface area contributed by atoms with Crippen molar-refractivity contribution < 1.29 is 47.9 Å². The topological polar surface area (TPSA) is 171 Å². The van der Waals surface area contributed by atoms with Crippen molar-refractivity contribution >= 4 is 79.4 Å². The number of hydrogen-bond donors (Lipinski definition) is 0. The van der Waals surface area contributed by atoms with Crippen LogP contribution in [0.4, 0.5) is 0 Å². The summed E-state index contributed by atoms with van der Waals surface area (Å²) in [5, 5.41) is 0. The minimum atomic E-state index is -0.734. The van der Waals surface area contributed by atoms with Crippen LogP contribution < -0.4 is 0 Å². The Balaban J connectivity index is 3.32. The summed E-state index contributed by atoms with van der Waals surface area (Å²) in [7, 11) is 1.27. The first kappa shape index (κ1) is 36.0. The van der Waals surface area contributed by atoms with Gasteiger partial charge in [-0.1, -0.05) is 21.6 Å². The summed E-state index contributed by atoms with van der Waals surface area (Å²) >= 11 is 0. The van der Waals surface area contributed by atoms with E-state index in [4.69, 9.17) is 0 Å². The van der Waals surface area contributed by atoms with Gasteiger partial charge in [-0.05, 0) is 69.2 Å². The lowest BCUT2D eigenvalue weighted by atomic mass is 9.84. The van der Waals surface area contributed by atoms with Gasteiger partial charge in [0.2, 0.25) is 0 Å². The van der Waals surface area contributed by atoms with Crippen molar-refractivity contribution in [2.45, 2.75) is 79.0 Å². The molecule has 10 nitrogen and oxygen atoms in total. The zero-order chi connectivity index (χ0) is 34.1. The summed E-state index contributed by atoms with van der Waals surface area (Å²) < 4.78 is 0. The van der Waals surface area contributed by atoms with Gasteiger partial charge in [0.25, 0.3) is 0 Å². The molecule has 0 aromatic heterocycles. The molecule has 0 aliphatic heterocycles. The maximum atomic E-state index is 13.1. The summed E-state index contributed by atoms with van der Waals surface area (Å²) in [5.74, 6) is -7.30. The van der Waals surface area contributed by atoms with Crippen LogP contribution in [0.15, 0.2) is 9.79 Å². The molecule has 0 aliphatic rings. The lowest BCUT2D eigenvalue weighted by Gasteiger charge is -2.23. The van der Waals surface area contributed by atoms with E-state index in [-0.39, 0.29) is 65.4 Å². The zero-order valence-electron chi connectivity index (χ0n) is 25.9. The van der Waals surface area contributed by atoms with Gasteiger partial charge in [-0.3, -0.25) is 47.9 Å². The Hall–Kier alpha value is -4.16. The van der Waals surface area contributed by atoms with Gasteiger partial charge >= 0.3 is 0 Å². The second-order valence-corrected chi connectivity index (χ2v) is 12.3. The molecular formula is C32H30O10S2. The molecular weight excluding hydrogens is 608 g/mol. The van der Waals surface area contributed by atoms with Gasteiger partial charge in [0.15, 0.2) is 57.8 Å². The average Bonchev–Trinajstić information content (AvgIpc) is 2.87. The van der Waals surface area contributed by atoms with E-state index in [1.807, 2.05) is 0 Å². The number of Topliss-reactive ketones (excluding diaryl/α,β-unsaturated/α-hetero) is 10. The van der Waals surface area contributed by atoms with Crippen LogP contribution in [-0.2, 0) is 0 Å². The summed E-state index contributed by atoms with van der Waals surface area (Å²) in [6.45, 7) is 10.9. The molecule has 0 radical (unpaired) electrons. The van der Waals surface area contributed by atoms with Gasteiger partial charge in [0, 0.05) is 65.4 Å². The Morgan fingerprint density at radius 2 is 0.364 bits per heavy atom. The molecule has 0 N–H and O–H groups in total. The third-order valence-electron chi connectivity index (χ3n) is 6.64. The van der Waals surface area contributed by atoms with Gasteiger partial charge in [-0.15, -0.1) is 0 Å². The minimum absolute atomic E-state index is 0.191. The fraction of sp³-hybridized carbons (Fsp3) is 0.312. The predicted octanol–water partition coefficient (Wildman–Crippen LogP) is 6.51. The highest BCUT2D eigenvalue weighted by Gasteiger charge is 2.36. The standard InChI is InChI=1S/C32H30O10S2/c1-11(33)21-23(13(3)35)27(17(7)39)31(28(18(8)40)24(21)14(4)36)43-44-32-29(19(9)41)25(15(5)37)22(12(2)34)26(16(6)38)30(32)20(10)42/h1-10H3. The normalized spacial score (nSPS) is 10.7. The summed E-state index contributed by atoms with van der Waals surface area (Å²) in [6, 6.07) is 0. The van der Waals surface area contributed by atoms with Crippen molar-refractivity contribution in [3.8, 4) is 0 Å². The first-order valence-electron chi connectivity index (χ1n) is 13.1. The van der Waals surface area contributed by atoms with Crippen LogP contribution in [0, 0.1) is 0 Å². The smallest absolute Gasteiger partial charge is 0.161 e. The van der Waals surface area contributed by atoms with Crippen LogP contribution in [-0.4, -0.2) is 57.8 Å². The highest BCUT2D eigenvalue weighted by Crippen LogP contribution is 2.49. The van der Waals surface area contributed by atoms with E-state index >= 15 is 0 Å². The minimum Gasteiger partial charge on any atom is -0.294 e. The van der Waals surface area contributed by atoms with Crippen molar-refractivity contribution in [1.29, 1.82) is 0 Å². The van der Waals surface area contributed by atoms with Crippen molar-refractivity contribution in [2.24, 2.45) is 0 Å². The molecule has 0 aliphatic carbocycles. The SMILES string of the molecule is CC(=O)c1c(SSc2c(C(C)=O)c(C(C)=O)c(C(C)=O)c(C(C)=O)c2C(C)=O)c(C(C)=O)c(C(C)=O)c(C(C)=O)c1C(C)=O. The lowest BCUT2D eigenvalue weighted by Crippen LogP contribution is -2.22. The second kappa shape index (κ2) is 13.6. The van der Waals surface area contributed by atoms with E-state index in [0.29, 0.717) is 21.6 Å². The number of hydrogen-bond acceptors (Lipinski definition) is 12. The number of benzene rings is 2.